The highest BCUT2D eigenvalue weighted by atomic mass is 16.5. The summed E-state index contributed by atoms with van der Waals surface area (Å²) in [6, 6.07) is 0.439. The molecule has 1 aliphatic rings. The SMILES string of the molecule is CCCC1CCC(O)C(CN(CC)C(C)COC)C1. The van der Waals surface area contributed by atoms with Crippen LogP contribution in [0, 0.1) is 11.8 Å². The molecule has 4 unspecified atom stereocenters. The summed E-state index contributed by atoms with van der Waals surface area (Å²) in [5.41, 5.74) is 0. The van der Waals surface area contributed by atoms with Gasteiger partial charge >= 0.3 is 0 Å². The second-order valence-corrected chi connectivity index (χ2v) is 6.19. The maximum atomic E-state index is 10.3. The standard InChI is InChI=1S/C16H33NO2/c1-5-7-14-8-9-16(18)15(10-14)11-17(6-2)13(3)12-19-4/h13-16,18H,5-12H2,1-4H3. The molecule has 1 saturated carbocycles. The molecule has 0 aromatic heterocycles. The van der Waals surface area contributed by atoms with Crippen LogP contribution in [0.1, 0.15) is 52.9 Å². The second kappa shape index (κ2) is 8.93. The molecule has 3 heteroatoms. The van der Waals surface area contributed by atoms with Gasteiger partial charge in [0, 0.05) is 19.7 Å². The van der Waals surface area contributed by atoms with Crippen LogP contribution in [0.25, 0.3) is 0 Å². The van der Waals surface area contributed by atoms with Crippen molar-refractivity contribution >= 4 is 0 Å². The van der Waals surface area contributed by atoms with Crippen molar-refractivity contribution in [3.05, 3.63) is 0 Å². The van der Waals surface area contributed by atoms with E-state index in [-0.39, 0.29) is 6.10 Å². The molecule has 0 amide bonds. The maximum absolute atomic E-state index is 10.3. The number of aliphatic hydroxyl groups excluding tert-OH is 1. The van der Waals surface area contributed by atoms with Gasteiger partial charge in [0.05, 0.1) is 12.7 Å². The number of rotatable bonds is 8. The summed E-state index contributed by atoms with van der Waals surface area (Å²) in [5, 5.41) is 10.3. The lowest BCUT2D eigenvalue weighted by atomic mass is 9.77. The van der Waals surface area contributed by atoms with Crippen molar-refractivity contribution in [1.82, 2.24) is 4.90 Å². The maximum Gasteiger partial charge on any atom is 0.0615 e. The molecule has 0 saturated heterocycles. The Kier molecular flexibility index (Phi) is 7.96. The van der Waals surface area contributed by atoms with Crippen molar-refractivity contribution in [3.8, 4) is 0 Å². The number of nitrogens with zero attached hydrogens (tertiary/aromatic N) is 1. The van der Waals surface area contributed by atoms with Crippen molar-refractivity contribution in [2.24, 2.45) is 11.8 Å². The zero-order chi connectivity index (χ0) is 14.3. The van der Waals surface area contributed by atoms with Gasteiger partial charge < -0.3 is 9.84 Å². The first-order valence-electron chi connectivity index (χ1n) is 8.03. The van der Waals surface area contributed by atoms with E-state index in [0.29, 0.717) is 12.0 Å². The summed E-state index contributed by atoms with van der Waals surface area (Å²) in [6.45, 7) is 9.50. The van der Waals surface area contributed by atoms with E-state index in [9.17, 15) is 5.11 Å². The van der Waals surface area contributed by atoms with Gasteiger partial charge in [-0.1, -0.05) is 26.7 Å². The van der Waals surface area contributed by atoms with Gasteiger partial charge in [-0.05, 0) is 44.6 Å². The molecule has 1 fully saturated rings. The Morgan fingerprint density at radius 1 is 1.32 bits per heavy atom. The van der Waals surface area contributed by atoms with Gasteiger partial charge in [-0.3, -0.25) is 4.90 Å². The zero-order valence-electron chi connectivity index (χ0n) is 13.3. The Balaban J connectivity index is 2.50. The highest BCUT2D eigenvalue weighted by molar-refractivity contribution is 4.83. The topological polar surface area (TPSA) is 32.7 Å². The summed E-state index contributed by atoms with van der Waals surface area (Å²) in [7, 11) is 1.76. The fourth-order valence-electron chi connectivity index (χ4n) is 3.48. The Hall–Kier alpha value is -0.120. The van der Waals surface area contributed by atoms with Crippen LogP contribution in [-0.4, -0.2) is 49.0 Å². The van der Waals surface area contributed by atoms with E-state index in [0.717, 1.165) is 32.0 Å². The quantitative estimate of drug-likeness (QED) is 0.737. The van der Waals surface area contributed by atoms with Crippen molar-refractivity contribution in [3.63, 3.8) is 0 Å². The number of methoxy groups -OCH3 is 1. The van der Waals surface area contributed by atoms with Gasteiger partial charge in [0.2, 0.25) is 0 Å². The molecule has 114 valence electrons. The minimum absolute atomic E-state index is 0.100. The molecular formula is C16H33NO2. The van der Waals surface area contributed by atoms with Gasteiger partial charge in [0.1, 0.15) is 0 Å². The number of likely N-dealkylation sites (N-methyl/N-ethyl adjacent to an activating group) is 1. The van der Waals surface area contributed by atoms with Crippen LogP contribution in [0.3, 0.4) is 0 Å². The number of hydrogen-bond donors (Lipinski definition) is 1. The van der Waals surface area contributed by atoms with Gasteiger partial charge in [0.25, 0.3) is 0 Å². The molecule has 0 radical (unpaired) electrons. The molecule has 3 nitrogen and oxygen atoms in total. The van der Waals surface area contributed by atoms with E-state index < -0.39 is 0 Å². The van der Waals surface area contributed by atoms with Gasteiger partial charge in [-0.2, -0.15) is 0 Å². The minimum Gasteiger partial charge on any atom is -0.393 e. The van der Waals surface area contributed by atoms with Crippen molar-refractivity contribution in [2.45, 2.75) is 65.0 Å². The third-order valence-corrected chi connectivity index (χ3v) is 4.65. The van der Waals surface area contributed by atoms with E-state index in [4.69, 9.17) is 4.74 Å². The molecule has 0 heterocycles. The van der Waals surface area contributed by atoms with E-state index in [1.54, 1.807) is 7.11 Å². The largest absolute Gasteiger partial charge is 0.393 e. The summed E-state index contributed by atoms with van der Waals surface area (Å²) in [4.78, 5) is 2.45. The monoisotopic (exact) mass is 271 g/mol. The Morgan fingerprint density at radius 2 is 2.05 bits per heavy atom. The van der Waals surface area contributed by atoms with Crippen LogP contribution in [0.5, 0.6) is 0 Å². The first-order valence-corrected chi connectivity index (χ1v) is 8.03. The molecule has 1 N–H and O–H groups in total. The Bertz CT molecular complexity index is 235. The predicted octanol–water partition coefficient (Wildman–Crippen LogP) is 2.92. The van der Waals surface area contributed by atoms with Crippen LogP contribution >= 0.6 is 0 Å². The average Bonchev–Trinajstić information content (AvgIpc) is 2.39. The van der Waals surface area contributed by atoms with Gasteiger partial charge in [-0.25, -0.2) is 0 Å². The molecule has 19 heavy (non-hydrogen) atoms. The van der Waals surface area contributed by atoms with E-state index in [1.165, 1.54) is 25.7 Å². The molecule has 1 rings (SSSR count). The van der Waals surface area contributed by atoms with E-state index in [2.05, 4.69) is 25.7 Å². The molecule has 0 aliphatic heterocycles. The number of aliphatic hydroxyl groups is 1. The second-order valence-electron chi connectivity index (χ2n) is 6.19. The lowest BCUT2D eigenvalue weighted by molar-refractivity contribution is 0.0105. The smallest absolute Gasteiger partial charge is 0.0615 e. The van der Waals surface area contributed by atoms with Crippen molar-refractivity contribution < 1.29 is 9.84 Å². The highest BCUT2D eigenvalue weighted by Crippen LogP contribution is 2.33. The summed E-state index contributed by atoms with van der Waals surface area (Å²) >= 11 is 0. The summed E-state index contributed by atoms with van der Waals surface area (Å²) in [6.07, 6.45) is 5.90. The third kappa shape index (κ3) is 5.41. The fourth-order valence-corrected chi connectivity index (χ4v) is 3.48. The molecule has 0 aromatic carbocycles. The normalized spacial score (nSPS) is 29.7. The zero-order valence-corrected chi connectivity index (χ0v) is 13.3. The van der Waals surface area contributed by atoms with Crippen molar-refractivity contribution in [2.75, 3.05) is 26.8 Å². The predicted molar refractivity (Wildman–Crippen MR) is 80.3 cm³/mol. The number of hydrogen-bond acceptors (Lipinski definition) is 3. The van der Waals surface area contributed by atoms with Crippen LogP contribution in [0.4, 0.5) is 0 Å². The molecule has 0 spiro atoms. The summed E-state index contributed by atoms with van der Waals surface area (Å²) < 4.78 is 5.26. The summed E-state index contributed by atoms with van der Waals surface area (Å²) in [5.74, 6) is 1.28. The average molecular weight is 271 g/mol. The van der Waals surface area contributed by atoms with Crippen molar-refractivity contribution in [1.29, 1.82) is 0 Å². The molecule has 0 bridgehead atoms. The van der Waals surface area contributed by atoms with Crippen LogP contribution in [0.15, 0.2) is 0 Å². The third-order valence-electron chi connectivity index (χ3n) is 4.65. The molecule has 0 aromatic rings. The molecule has 1 aliphatic carbocycles. The van der Waals surface area contributed by atoms with Gasteiger partial charge in [-0.15, -0.1) is 0 Å². The van der Waals surface area contributed by atoms with Crippen LogP contribution in [-0.2, 0) is 4.74 Å². The van der Waals surface area contributed by atoms with E-state index >= 15 is 0 Å². The highest BCUT2D eigenvalue weighted by Gasteiger charge is 2.30. The molecular weight excluding hydrogens is 238 g/mol. The molecule has 4 atom stereocenters. The number of ether oxygens (including phenoxy) is 1. The van der Waals surface area contributed by atoms with Crippen LogP contribution in [0.2, 0.25) is 0 Å². The minimum atomic E-state index is -0.100. The lowest BCUT2D eigenvalue weighted by Gasteiger charge is -2.38. The Morgan fingerprint density at radius 3 is 2.63 bits per heavy atom. The first kappa shape index (κ1) is 16.9. The Labute approximate surface area is 119 Å². The van der Waals surface area contributed by atoms with Gasteiger partial charge in [0.15, 0.2) is 0 Å². The van der Waals surface area contributed by atoms with Crippen LogP contribution < -0.4 is 0 Å². The van der Waals surface area contributed by atoms with E-state index in [1.807, 2.05) is 0 Å². The fraction of sp³-hybridized carbons (Fsp3) is 1.00. The lowest BCUT2D eigenvalue weighted by Crippen LogP contribution is -2.44. The first-order chi connectivity index (χ1) is 9.12.